The fourth-order valence-electron chi connectivity index (χ4n) is 2.62. The molecular formula is C15H15F3N4O2. The van der Waals surface area contributed by atoms with Crippen molar-refractivity contribution in [3.8, 4) is 11.1 Å². The Balaban J connectivity index is 1.77. The Labute approximate surface area is 135 Å². The number of primary amides is 1. The van der Waals surface area contributed by atoms with Crippen molar-refractivity contribution in [3.05, 3.63) is 36.0 Å². The first-order chi connectivity index (χ1) is 11.3. The van der Waals surface area contributed by atoms with Gasteiger partial charge in [0.2, 0.25) is 0 Å². The van der Waals surface area contributed by atoms with Crippen molar-refractivity contribution in [1.29, 1.82) is 0 Å². The van der Waals surface area contributed by atoms with Gasteiger partial charge < -0.3 is 15.8 Å². The van der Waals surface area contributed by atoms with Gasteiger partial charge in [0.1, 0.15) is 5.82 Å². The van der Waals surface area contributed by atoms with Gasteiger partial charge in [-0.3, -0.25) is 0 Å². The number of amides is 1. The van der Waals surface area contributed by atoms with Crippen LogP contribution < -0.4 is 11.1 Å². The Kier molecular flexibility index (Phi) is 4.08. The number of carbonyl (C=O) groups is 1. The van der Waals surface area contributed by atoms with Crippen LogP contribution in [0.1, 0.15) is 5.56 Å². The molecule has 0 aliphatic carbocycles. The number of halogens is 3. The van der Waals surface area contributed by atoms with Crippen LogP contribution >= 0.6 is 0 Å². The number of rotatable bonds is 3. The fraction of sp³-hybridized carbons (Fsp3) is 0.333. The maximum Gasteiger partial charge on any atom is 0.416 e. The van der Waals surface area contributed by atoms with Gasteiger partial charge in [-0.25, -0.2) is 9.48 Å². The van der Waals surface area contributed by atoms with Crippen LogP contribution in [-0.4, -0.2) is 29.0 Å². The number of fused-ring (bicyclic) bond motifs is 1. The van der Waals surface area contributed by atoms with Gasteiger partial charge in [-0.05, 0) is 17.7 Å². The highest BCUT2D eigenvalue weighted by Crippen LogP contribution is 2.34. The summed E-state index contributed by atoms with van der Waals surface area (Å²) in [5.41, 5.74) is 5.61. The molecule has 0 radical (unpaired) electrons. The Bertz CT molecular complexity index is 740. The molecule has 0 saturated heterocycles. The third kappa shape index (κ3) is 3.29. The van der Waals surface area contributed by atoms with E-state index in [2.05, 4.69) is 10.4 Å². The van der Waals surface area contributed by atoms with Crippen molar-refractivity contribution in [2.24, 2.45) is 11.7 Å². The Morgan fingerprint density at radius 3 is 2.71 bits per heavy atom. The van der Waals surface area contributed by atoms with E-state index in [-0.39, 0.29) is 12.5 Å². The molecule has 9 heteroatoms. The predicted molar refractivity (Wildman–Crippen MR) is 80.2 cm³/mol. The Morgan fingerprint density at radius 2 is 2.08 bits per heavy atom. The van der Waals surface area contributed by atoms with Gasteiger partial charge in [0.25, 0.3) is 0 Å². The lowest BCUT2D eigenvalue weighted by molar-refractivity contribution is -0.137. The van der Waals surface area contributed by atoms with Gasteiger partial charge in [-0.2, -0.15) is 18.3 Å². The summed E-state index contributed by atoms with van der Waals surface area (Å²) in [4.78, 5) is 10.7. The summed E-state index contributed by atoms with van der Waals surface area (Å²) < 4.78 is 44.4. The molecule has 0 fully saturated rings. The SMILES string of the molecule is NC(=O)OCC1CNc2c(-c3ccc(C(F)(F)F)cc3)cnn2C1. The molecule has 1 atom stereocenters. The quantitative estimate of drug-likeness (QED) is 0.900. The molecule has 3 N–H and O–H groups in total. The van der Waals surface area contributed by atoms with Crippen molar-refractivity contribution in [3.63, 3.8) is 0 Å². The van der Waals surface area contributed by atoms with Gasteiger partial charge in [0.05, 0.1) is 24.9 Å². The number of hydrogen-bond donors (Lipinski definition) is 2. The molecule has 0 saturated carbocycles. The molecule has 3 rings (SSSR count). The van der Waals surface area contributed by atoms with Gasteiger partial charge in [0, 0.05) is 18.0 Å². The zero-order valence-electron chi connectivity index (χ0n) is 12.5. The minimum atomic E-state index is -4.36. The second kappa shape index (κ2) is 6.06. The first-order valence-electron chi connectivity index (χ1n) is 7.24. The molecule has 1 amide bonds. The summed E-state index contributed by atoms with van der Waals surface area (Å²) in [6.07, 6.45) is -3.59. The lowest BCUT2D eigenvalue weighted by atomic mass is 10.0. The third-order valence-electron chi connectivity index (χ3n) is 3.81. The highest BCUT2D eigenvalue weighted by atomic mass is 19.4. The maximum atomic E-state index is 12.6. The molecular weight excluding hydrogens is 325 g/mol. The lowest BCUT2D eigenvalue weighted by Crippen LogP contribution is -2.32. The van der Waals surface area contributed by atoms with Crippen molar-refractivity contribution in [2.45, 2.75) is 12.7 Å². The van der Waals surface area contributed by atoms with Crippen LogP contribution in [0.2, 0.25) is 0 Å². The summed E-state index contributed by atoms with van der Waals surface area (Å²) in [5, 5.41) is 7.42. The molecule has 1 aliphatic rings. The largest absolute Gasteiger partial charge is 0.449 e. The average Bonchev–Trinajstić information content (AvgIpc) is 2.95. The topological polar surface area (TPSA) is 82.2 Å². The highest BCUT2D eigenvalue weighted by molar-refractivity contribution is 5.75. The Morgan fingerprint density at radius 1 is 1.38 bits per heavy atom. The molecule has 1 unspecified atom stereocenters. The van der Waals surface area contributed by atoms with Crippen molar-refractivity contribution < 1.29 is 22.7 Å². The summed E-state index contributed by atoms with van der Waals surface area (Å²) in [6, 6.07) is 4.94. The zero-order chi connectivity index (χ0) is 17.3. The number of aromatic nitrogens is 2. The average molecular weight is 340 g/mol. The molecule has 1 aliphatic heterocycles. The summed E-state index contributed by atoms with van der Waals surface area (Å²) >= 11 is 0. The number of nitrogens with zero attached hydrogens (tertiary/aromatic N) is 2. The van der Waals surface area contributed by atoms with Crippen LogP contribution in [0.5, 0.6) is 0 Å². The van der Waals surface area contributed by atoms with Crippen molar-refractivity contribution >= 4 is 11.9 Å². The van der Waals surface area contributed by atoms with Gasteiger partial charge in [0.15, 0.2) is 0 Å². The second-order valence-corrected chi connectivity index (χ2v) is 5.54. The van der Waals surface area contributed by atoms with Gasteiger partial charge in [-0.15, -0.1) is 0 Å². The van der Waals surface area contributed by atoms with Crippen LogP contribution in [0.3, 0.4) is 0 Å². The minimum Gasteiger partial charge on any atom is -0.449 e. The first kappa shape index (κ1) is 16.2. The smallest absolute Gasteiger partial charge is 0.416 e. The minimum absolute atomic E-state index is 0.0188. The molecule has 1 aromatic carbocycles. The normalized spacial score (nSPS) is 17.0. The number of hydrogen-bond acceptors (Lipinski definition) is 4. The summed E-state index contributed by atoms with van der Waals surface area (Å²) in [5.74, 6) is 0.746. The van der Waals surface area contributed by atoms with E-state index in [1.807, 2.05) is 0 Å². The Hall–Kier alpha value is -2.71. The zero-order valence-corrected chi connectivity index (χ0v) is 12.5. The van der Waals surface area contributed by atoms with Crippen LogP contribution in [0.25, 0.3) is 11.1 Å². The number of ether oxygens (including phenoxy) is 1. The maximum absolute atomic E-state index is 12.6. The van der Waals surface area contributed by atoms with E-state index in [4.69, 9.17) is 10.5 Å². The highest BCUT2D eigenvalue weighted by Gasteiger charge is 2.30. The molecule has 6 nitrogen and oxygen atoms in total. The van der Waals surface area contributed by atoms with Gasteiger partial charge in [-0.1, -0.05) is 12.1 Å². The van der Waals surface area contributed by atoms with Gasteiger partial charge >= 0.3 is 12.3 Å². The van der Waals surface area contributed by atoms with Crippen LogP contribution in [0.4, 0.5) is 23.8 Å². The van der Waals surface area contributed by atoms with E-state index >= 15 is 0 Å². The fourth-order valence-corrected chi connectivity index (χ4v) is 2.62. The van der Waals surface area contributed by atoms with E-state index in [0.29, 0.717) is 18.7 Å². The monoisotopic (exact) mass is 340 g/mol. The number of nitrogens with one attached hydrogen (secondary N) is 1. The molecule has 1 aromatic heterocycles. The number of anilines is 1. The number of carbonyl (C=O) groups excluding carboxylic acids is 1. The summed E-state index contributed by atoms with van der Waals surface area (Å²) in [7, 11) is 0. The van der Waals surface area contributed by atoms with E-state index < -0.39 is 17.8 Å². The van der Waals surface area contributed by atoms with E-state index in [0.717, 1.165) is 23.5 Å². The third-order valence-corrected chi connectivity index (χ3v) is 3.81. The summed E-state index contributed by atoms with van der Waals surface area (Å²) in [6.45, 7) is 1.25. The molecule has 24 heavy (non-hydrogen) atoms. The van der Waals surface area contributed by atoms with Crippen LogP contribution in [0, 0.1) is 5.92 Å². The predicted octanol–water partition coefficient (Wildman–Crippen LogP) is 2.71. The standard InChI is InChI=1S/C15H15F3N4O2/c16-15(17,18)11-3-1-10(2-4-11)12-6-21-22-7-9(5-20-13(12)22)8-24-14(19)23/h1-4,6,9,20H,5,7-8H2,(H2,19,23). The second-order valence-electron chi connectivity index (χ2n) is 5.54. The molecule has 2 heterocycles. The lowest BCUT2D eigenvalue weighted by Gasteiger charge is -2.25. The number of alkyl halides is 3. The first-order valence-corrected chi connectivity index (χ1v) is 7.24. The number of benzene rings is 1. The van der Waals surface area contributed by atoms with E-state index in [9.17, 15) is 18.0 Å². The van der Waals surface area contributed by atoms with Crippen molar-refractivity contribution in [1.82, 2.24) is 9.78 Å². The molecule has 0 bridgehead atoms. The van der Waals surface area contributed by atoms with E-state index in [1.54, 1.807) is 10.9 Å². The molecule has 0 spiro atoms. The number of nitrogens with two attached hydrogens (primary N) is 1. The molecule has 128 valence electrons. The van der Waals surface area contributed by atoms with Crippen LogP contribution in [0.15, 0.2) is 30.5 Å². The van der Waals surface area contributed by atoms with Crippen LogP contribution in [-0.2, 0) is 17.5 Å². The molecule has 2 aromatic rings. The van der Waals surface area contributed by atoms with E-state index in [1.165, 1.54) is 12.1 Å². The van der Waals surface area contributed by atoms with Crippen molar-refractivity contribution in [2.75, 3.05) is 18.5 Å².